The smallest absolute Gasteiger partial charge is 0.339 e. The van der Waals surface area contributed by atoms with Crippen LogP contribution in [0.1, 0.15) is 48.0 Å². The van der Waals surface area contributed by atoms with Crippen molar-refractivity contribution < 1.29 is 14.3 Å². The fourth-order valence-corrected chi connectivity index (χ4v) is 4.08. The summed E-state index contributed by atoms with van der Waals surface area (Å²) in [6, 6.07) is 0. The third kappa shape index (κ3) is 4.44. The summed E-state index contributed by atoms with van der Waals surface area (Å²) < 4.78 is 5.25. The lowest BCUT2D eigenvalue weighted by atomic mass is 9.88. The van der Waals surface area contributed by atoms with E-state index in [0.717, 1.165) is 30.4 Å². The van der Waals surface area contributed by atoms with Gasteiger partial charge in [-0.15, -0.1) is 11.3 Å². The molecule has 1 amide bonds. The Kier molecular flexibility index (Phi) is 5.99. The van der Waals surface area contributed by atoms with Crippen molar-refractivity contribution in [1.29, 1.82) is 0 Å². The van der Waals surface area contributed by atoms with Gasteiger partial charge in [-0.05, 0) is 44.6 Å². The molecule has 0 bridgehead atoms. The summed E-state index contributed by atoms with van der Waals surface area (Å²) >= 11 is 1.63. The number of hydrogen-bond acceptors (Lipinski definition) is 4. The molecule has 0 aliphatic heterocycles. The van der Waals surface area contributed by atoms with E-state index in [-0.39, 0.29) is 18.5 Å². The number of fused-ring (bicyclic) bond motifs is 1. The second kappa shape index (κ2) is 7.77. The average Bonchev–Trinajstić information content (AvgIpc) is 2.92. The lowest BCUT2D eigenvalue weighted by molar-refractivity contribution is -0.133. The van der Waals surface area contributed by atoms with Crippen molar-refractivity contribution in [1.82, 2.24) is 4.90 Å². The first-order valence-corrected chi connectivity index (χ1v) is 8.98. The van der Waals surface area contributed by atoms with Crippen LogP contribution in [0.15, 0.2) is 17.5 Å². The Balaban J connectivity index is 1.95. The largest absolute Gasteiger partial charge is 0.452 e. The number of rotatable bonds is 6. The number of thiophene rings is 1. The van der Waals surface area contributed by atoms with E-state index in [4.69, 9.17) is 4.74 Å². The number of carbonyl (C=O) groups is 2. The molecular formula is C18H25NO3S. The van der Waals surface area contributed by atoms with E-state index in [0.29, 0.717) is 24.6 Å². The minimum absolute atomic E-state index is 0.179. The van der Waals surface area contributed by atoms with E-state index in [1.807, 2.05) is 19.2 Å². The molecule has 1 aromatic rings. The second-order valence-corrected chi connectivity index (χ2v) is 7.30. The normalized spacial score (nSPS) is 16.6. The molecule has 0 saturated heterocycles. The molecule has 1 unspecified atom stereocenters. The SMILES string of the molecule is C=C(C)CN(CC)C(=O)COC(=O)c1csc2c1CCC(C)C2. The van der Waals surface area contributed by atoms with E-state index in [1.54, 1.807) is 16.2 Å². The topological polar surface area (TPSA) is 46.6 Å². The van der Waals surface area contributed by atoms with Crippen LogP contribution in [0, 0.1) is 5.92 Å². The minimum atomic E-state index is -0.378. The number of ether oxygens (including phenoxy) is 1. The van der Waals surface area contributed by atoms with Crippen LogP contribution in [-0.2, 0) is 22.4 Å². The Hall–Kier alpha value is -1.62. The minimum Gasteiger partial charge on any atom is -0.452 e. The van der Waals surface area contributed by atoms with Crippen LogP contribution in [0.5, 0.6) is 0 Å². The number of likely N-dealkylation sites (N-methyl/N-ethyl adjacent to an activating group) is 1. The number of hydrogen-bond donors (Lipinski definition) is 0. The quantitative estimate of drug-likeness (QED) is 0.591. The van der Waals surface area contributed by atoms with Crippen molar-refractivity contribution in [3.8, 4) is 0 Å². The summed E-state index contributed by atoms with van der Waals surface area (Å²) in [6.45, 7) is 10.7. The van der Waals surface area contributed by atoms with Gasteiger partial charge in [0.05, 0.1) is 5.56 Å². The van der Waals surface area contributed by atoms with Gasteiger partial charge < -0.3 is 9.64 Å². The first-order valence-electron chi connectivity index (χ1n) is 8.10. The summed E-state index contributed by atoms with van der Waals surface area (Å²) in [7, 11) is 0. The summed E-state index contributed by atoms with van der Waals surface area (Å²) in [6.07, 6.45) is 3.06. The van der Waals surface area contributed by atoms with E-state index >= 15 is 0 Å². The van der Waals surface area contributed by atoms with Crippen LogP contribution in [0.4, 0.5) is 0 Å². The Labute approximate surface area is 142 Å². The molecule has 4 nitrogen and oxygen atoms in total. The van der Waals surface area contributed by atoms with Gasteiger partial charge in [-0.3, -0.25) is 4.79 Å². The first kappa shape index (κ1) is 17.7. The van der Waals surface area contributed by atoms with Gasteiger partial charge in [0, 0.05) is 23.3 Å². The number of carbonyl (C=O) groups excluding carboxylic acids is 2. The molecule has 5 heteroatoms. The van der Waals surface area contributed by atoms with Crippen LogP contribution in [0.3, 0.4) is 0 Å². The molecule has 23 heavy (non-hydrogen) atoms. The molecule has 0 fully saturated rings. The Morgan fingerprint density at radius 2 is 2.22 bits per heavy atom. The molecule has 2 rings (SSSR count). The highest BCUT2D eigenvalue weighted by Crippen LogP contribution is 2.33. The Morgan fingerprint density at radius 3 is 2.87 bits per heavy atom. The third-order valence-corrected chi connectivity index (χ3v) is 5.19. The highest BCUT2D eigenvalue weighted by molar-refractivity contribution is 7.10. The van der Waals surface area contributed by atoms with Crippen molar-refractivity contribution in [2.45, 2.75) is 40.0 Å². The molecule has 1 aliphatic carbocycles. The summed E-state index contributed by atoms with van der Waals surface area (Å²) in [5.74, 6) is 0.116. The van der Waals surface area contributed by atoms with E-state index in [9.17, 15) is 9.59 Å². The van der Waals surface area contributed by atoms with Crippen LogP contribution in [0.2, 0.25) is 0 Å². The molecule has 1 heterocycles. The number of amides is 1. The Bertz CT molecular complexity index is 605. The van der Waals surface area contributed by atoms with E-state index < -0.39 is 0 Å². The molecule has 1 atom stereocenters. The number of nitrogens with zero attached hydrogens (tertiary/aromatic N) is 1. The third-order valence-electron chi connectivity index (χ3n) is 4.14. The van der Waals surface area contributed by atoms with Crippen molar-refractivity contribution in [2.75, 3.05) is 19.7 Å². The molecule has 1 aliphatic rings. The maximum absolute atomic E-state index is 12.3. The zero-order valence-corrected chi connectivity index (χ0v) is 15.0. The first-order chi connectivity index (χ1) is 10.9. The zero-order chi connectivity index (χ0) is 17.0. The standard InChI is InChI=1S/C18H25NO3S/c1-5-19(9-12(2)3)17(20)10-22-18(21)15-11-23-16-8-13(4)6-7-14(15)16/h11,13H,2,5-10H2,1,3-4H3. The van der Waals surface area contributed by atoms with Crippen LogP contribution in [-0.4, -0.2) is 36.5 Å². The summed E-state index contributed by atoms with van der Waals surface area (Å²) in [4.78, 5) is 27.3. The van der Waals surface area contributed by atoms with Crippen LogP contribution in [0.25, 0.3) is 0 Å². The van der Waals surface area contributed by atoms with Gasteiger partial charge in [-0.2, -0.15) is 0 Å². The molecule has 0 N–H and O–H groups in total. The molecular weight excluding hydrogens is 310 g/mol. The van der Waals surface area contributed by atoms with Crippen molar-refractivity contribution in [2.24, 2.45) is 5.92 Å². The van der Waals surface area contributed by atoms with Gasteiger partial charge in [0.2, 0.25) is 0 Å². The number of esters is 1. The predicted octanol–water partition coefficient (Wildman–Crippen LogP) is 3.45. The van der Waals surface area contributed by atoms with Gasteiger partial charge in [0.1, 0.15) is 0 Å². The lowest BCUT2D eigenvalue weighted by Crippen LogP contribution is -2.35. The van der Waals surface area contributed by atoms with Gasteiger partial charge in [-0.1, -0.05) is 19.1 Å². The summed E-state index contributed by atoms with van der Waals surface area (Å²) in [5, 5.41) is 1.88. The highest BCUT2D eigenvalue weighted by atomic mass is 32.1. The van der Waals surface area contributed by atoms with E-state index in [2.05, 4.69) is 13.5 Å². The Morgan fingerprint density at radius 1 is 1.48 bits per heavy atom. The summed E-state index contributed by atoms with van der Waals surface area (Å²) in [5.41, 5.74) is 2.68. The van der Waals surface area contributed by atoms with Gasteiger partial charge in [-0.25, -0.2) is 4.79 Å². The lowest BCUT2D eigenvalue weighted by Gasteiger charge is -2.21. The van der Waals surface area contributed by atoms with Crippen molar-refractivity contribution in [3.63, 3.8) is 0 Å². The van der Waals surface area contributed by atoms with Crippen LogP contribution >= 0.6 is 11.3 Å². The van der Waals surface area contributed by atoms with Crippen molar-refractivity contribution in [3.05, 3.63) is 33.5 Å². The predicted molar refractivity (Wildman–Crippen MR) is 92.9 cm³/mol. The van der Waals surface area contributed by atoms with Crippen molar-refractivity contribution >= 4 is 23.2 Å². The fraction of sp³-hybridized carbons (Fsp3) is 0.556. The zero-order valence-electron chi connectivity index (χ0n) is 14.2. The van der Waals surface area contributed by atoms with Gasteiger partial charge in [0.15, 0.2) is 6.61 Å². The van der Waals surface area contributed by atoms with E-state index in [1.165, 1.54) is 4.88 Å². The molecule has 0 radical (unpaired) electrons. The molecule has 126 valence electrons. The maximum atomic E-state index is 12.3. The molecule has 0 spiro atoms. The van der Waals surface area contributed by atoms with Crippen LogP contribution < -0.4 is 0 Å². The fourth-order valence-electron chi connectivity index (χ4n) is 2.85. The second-order valence-electron chi connectivity index (χ2n) is 6.34. The highest BCUT2D eigenvalue weighted by Gasteiger charge is 2.24. The maximum Gasteiger partial charge on any atom is 0.339 e. The van der Waals surface area contributed by atoms with Gasteiger partial charge >= 0.3 is 5.97 Å². The molecule has 0 aromatic carbocycles. The van der Waals surface area contributed by atoms with Gasteiger partial charge in [0.25, 0.3) is 5.91 Å². The monoisotopic (exact) mass is 335 g/mol. The molecule has 1 aromatic heterocycles. The molecule has 0 saturated carbocycles. The average molecular weight is 335 g/mol.